The van der Waals surface area contributed by atoms with Crippen molar-refractivity contribution < 1.29 is 60.5 Å². The lowest BCUT2D eigenvalue weighted by Gasteiger charge is -2.30. The molecular formula is C31H35BF2N4O10P2. The van der Waals surface area contributed by atoms with Gasteiger partial charge in [-0.05, 0) is 72.5 Å². The predicted octanol–water partition coefficient (Wildman–Crippen LogP) is 3.46. The molecule has 0 unspecified atom stereocenters. The van der Waals surface area contributed by atoms with Gasteiger partial charge in [-0.25, -0.2) is 9.13 Å². The Bertz CT molecular complexity index is 1940. The average Bonchev–Trinajstić information content (AvgIpc) is 3.64. The lowest BCUT2D eigenvalue weighted by molar-refractivity contribution is -0.362. The van der Waals surface area contributed by atoms with Crippen LogP contribution in [0.1, 0.15) is 41.8 Å². The summed E-state index contributed by atoms with van der Waals surface area (Å²) in [5, 5.41) is 5.52. The zero-order chi connectivity index (χ0) is 36.1. The molecule has 0 fully saturated rings. The van der Waals surface area contributed by atoms with Gasteiger partial charge in [0.25, 0.3) is 0 Å². The highest BCUT2D eigenvalue weighted by Gasteiger charge is 2.52. The largest absolute Gasteiger partial charge is 0.737 e. The van der Waals surface area contributed by atoms with Gasteiger partial charge in [-0.15, -0.1) is 0 Å². The van der Waals surface area contributed by atoms with Crippen molar-refractivity contribution in [3.05, 3.63) is 101 Å². The van der Waals surface area contributed by atoms with Gasteiger partial charge in [-0.3, -0.25) is 29.2 Å². The van der Waals surface area contributed by atoms with Crippen LogP contribution in [0, 0.1) is 0 Å². The van der Waals surface area contributed by atoms with Gasteiger partial charge in [0.2, 0.25) is 11.8 Å². The number of halogens is 2. The molecule has 6 N–H and O–H groups in total. The maximum atomic E-state index is 16.1. The molecule has 3 heterocycles. The highest BCUT2D eigenvalue weighted by molar-refractivity contribution is 7.47. The molecule has 266 valence electrons. The summed E-state index contributed by atoms with van der Waals surface area (Å²) in [7, 11) is -9.32. The van der Waals surface area contributed by atoms with E-state index >= 15 is 8.63 Å². The minimum atomic E-state index is -4.66. The molecule has 1 aromatic heterocycles. The van der Waals surface area contributed by atoms with Crippen LogP contribution < -0.4 is 19.7 Å². The third kappa shape index (κ3) is 9.87. The van der Waals surface area contributed by atoms with Gasteiger partial charge < -0.3 is 37.3 Å². The van der Waals surface area contributed by atoms with E-state index in [9.17, 15) is 18.7 Å². The first-order valence-electron chi connectivity index (χ1n) is 15.6. The molecule has 0 spiro atoms. The third-order valence-electron chi connectivity index (χ3n) is 7.97. The molecule has 19 heteroatoms. The molecule has 2 amide bonds. The minimum Gasteiger partial charge on any atom is -0.404 e. The van der Waals surface area contributed by atoms with Crippen LogP contribution >= 0.6 is 15.6 Å². The highest BCUT2D eigenvalue weighted by Crippen LogP contribution is 2.38. The average molecular weight is 734 g/mol. The van der Waals surface area contributed by atoms with E-state index in [0.717, 1.165) is 20.1 Å². The van der Waals surface area contributed by atoms with Crippen molar-refractivity contribution in [1.82, 2.24) is 15.1 Å². The van der Waals surface area contributed by atoms with Crippen LogP contribution in [-0.4, -0.2) is 66.1 Å². The molecule has 14 nitrogen and oxygen atoms in total. The van der Waals surface area contributed by atoms with Crippen molar-refractivity contribution in [2.75, 3.05) is 13.1 Å². The van der Waals surface area contributed by atoms with Crippen LogP contribution in [0.2, 0.25) is 0 Å². The van der Waals surface area contributed by atoms with E-state index in [2.05, 4.69) is 19.7 Å². The lowest BCUT2D eigenvalue weighted by atomic mass is 9.90. The first-order valence-corrected chi connectivity index (χ1v) is 18.6. The van der Waals surface area contributed by atoms with E-state index in [0.29, 0.717) is 35.6 Å². The van der Waals surface area contributed by atoms with Crippen LogP contribution in [-0.2, 0) is 38.0 Å². The van der Waals surface area contributed by atoms with Crippen molar-refractivity contribution in [2.45, 2.75) is 38.5 Å². The van der Waals surface area contributed by atoms with E-state index in [1.165, 1.54) is 24.3 Å². The number of allylic oxidation sites excluding steroid dienone is 2. The quantitative estimate of drug-likeness (QED) is 0.0936. The molecule has 50 heavy (non-hydrogen) atoms. The number of benzene rings is 2. The van der Waals surface area contributed by atoms with E-state index in [4.69, 9.17) is 19.6 Å². The van der Waals surface area contributed by atoms with Crippen molar-refractivity contribution in [3.63, 3.8) is 0 Å². The van der Waals surface area contributed by atoms with Gasteiger partial charge in [-0.1, -0.05) is 24.3 Å². The van der Waals surface area contributed by atoms with Crippen LogP contribution in [0.5, 0.6) is 11.5 Å². The summed E-state index contributed by atoms with van der Waals surface area (Å²) in [5.41, 5.74) is 2.79. The fourth-order valence-electron chi connectivity index (χ4n) is 5.74. The smallest absolute Gasteiger partial charge is 0.404 e. The molecule has 5 rings (SSSR count). The molecule has 0 aliphatic carbocycles. The Morgan fingerprint density at radius 3 is 1.72 bits per heavy atom. The van der Waals surface area contributed by atoms with Gasteiger partial charge in [0.05, 0.1) is 0 Å². The maximum Gasteiger partial charge on any atom is 0.737 e. The second-order valence-corrected chi connectivity index (χ2v) is 14.0. The number of carbonyl (C=O) groups excluding carboxylic acids is 2. The van der Waals surface area contributed by atoms with E-state index < -0.39 is 22.6 Å². The van der Waals surface area contributed by atoms with Crippen LogP contribution in [0.15, 0.2) is 78.5 Å². The lowest BCUT2D eigenvalue weighted by Crippen LogP contribution is -2.51. The normalized spacial score (nSPS) is 14.9. The minimum absolute atomic E-state index is 0.0103. The van der Waals surface area contributed by atoms with Gasteiger partial charge in [0, 0.05) is 56.3 Å². The Morgan fingerprint density at radius 2 is 1.22 bits per heavy atom. The number of phosphoric acid groups is 2. The number of aryl methyl sites for hydroxylation is 1. The van der Waals surface area contributed by atoms with Crippen LogP contribution in [0.25, 0.3) is 6.08 Å². The number of rotatable bonds is 16. The number of fused-ring (bicyclic) bond motifs is 2. The summed E-state index contributed by atoms with van der Waals surface area (Å²) in [6, 6.07) is 15.2. The number of amides is 2. The maximum absolute atomic E-state index is 16.1. The Hall–Kier alpha value is -4.37. The zero-order valence-electron chi connectivity index (χ0n) is 26.5. The fraction of sp³-hybridized carbons (Fsp3) is 0.258. The summed E-state index contributed by atoms with van der Waals surface area (Å²) in [4.78, 5) is 60.6. The van der Waals surface area contributed by atoms with Gasteiger partial charge in [0.15, 0.2) is 5.70 Å². The molecule has 3 aromatic rings. The summed E-state index contributed by atoms with van der Waals surface area (Å²) >= 11 is 0. The molecule has 0 saturated heterocycles. The molecule has 0 saturated carbocycles. The number of aromatic nitrogens is 1. The van der Waals surface area contributed by atoms with Crippen molar-refractivity contribution in [3.8, 4) is 11.5 Å². The second-order valence-electron chi connectivity index (χ2n) is 11.6. The van der Waals surface area contributed by atoms with Gasteiger partial charge in [0.1, 0.15) is 17.2 Å². The van der Waals surface area contributed by atoms with Crippen LogP contribution in [0.3, 0.4) is 0 Å². The zero-order valence-corrected chi connectivity index (χ0v) is 28.3. The molecule has 2 aliphatic heterocycles. The monoisotopic (exact) mass is 734 g/mol. The summed E-state index contributed by atoms with van der Waals surface area (Å²) in [6.07, 6.45) is 5.76. The van der Waals surface area contributed by atoms with Crippen molar-refractivity contribution in [2.24, 2.45) is 0 Å². The number of phosphoric ester groups is 2. The van der Waals surface area contributed by atoms with Gasteiger partial charge in [-0.2, -0.15) is 0 Å². The Labute approximate surface area is 285 Å². The van der Waals surface area contributed by atoms with E-state index in [1.807, 2.05) is 0 Å². The number of hydrogen-bond acceptors (Lipinski definition) is 6. The fourth-order valence-corrected chi connectivity index (χ4v) is 6.54. The second kappa shape index (κ2) is 15.3. The molecule has 2 aromatic carbocycles. The Balaban J connectivity index is 1.11. The number of nitrogens with one attached hydrogen (secondary N) is 2. The molecule has 0 atom stereocenters. The molecule has 0 bridgehead atoms. The topological polar surface area (TPSA) is 200 Å². The summed E-state index contributed by atoms with van der Waals surface area (Å²) in [6.45, 7) is -3.77. The number of hydrogen-bond donors (Lipinski definition) is 6. The van der Waals surface area contributed by atoms with E-state index in [1.54, 1.807) is 54.6 Å². The standard InChI is InChI=1S/C31H35BF2N4O10P2/c33-32(34)37-24(9-15-30(39)35-19-17-22-1-11-28(12-2-22)47-49(41,42)43)5-7-26(37)21-27-8-6-25(38(27)32)10-16-31(40)36-20-18-23-3-13-29(14-4-23)48-50(44,45)46/h1-8,11-14,21H,9-10,15-20H2,(H,35,39)(H,36,40)(H2,41,42,43)(H2,44,45,46). The predicted molar refractivity (Wildman–Crippen MR) is 179 cm³/mol. The van der Waals surface area contributed by atoms with Crippen LogP contribution in [0.4, 0.5) is 8.63 Å². The molecule has 0 radical (unpaired) electrons. The first kappa shape index (κ1) is 36.9. The molecular weight excluding hydrogens is 699 g/mol. The number of nitrogens with zero attached hydrogens (tertiary/aromatic N) is 2. The van der Waals surface area contributed by atoms with Crippen molar-refractivity contribution >= 4 is 46.2 Å². The number of carbonyl (C=O) groups is 2. The Kier molecular flexibility index (Phi) is 11.3. The van der Waals surface area contributed by atoms with Gasteiger partial charge >= 0.3 is 22.6 Å². The SMILES string of the molecule is O=C(CCC1=[N+]2C(=Cc3ccc(CCC(=O)NCCc4ccc(OP(=O)(O)O)cc4)n3[B-]2(F)F)C=C1)NCCc1ccc(OP(=O)(O)O)cc1. The summed E-state index contributed by atoms with van der Waals surface area (Å²) < 4.78 is 65.0. The third-order valence-corrected chi connectivity index (χ3v) is 8.87. The van der Waals surface area contributed by atoms with E-state index in [-0.39, 0.29) is 62.1 Å². The highest BCUT2D eigenvalue weighted by atomic mass is 31.2. The molecule has 2 aliphatic rings. The Morgan fingerprint density at radius 1 is 0.720 bits per heavy atom. The van der Waals surface area contributed by atoms with Crippen molar-refractivity contribution in [1.29, 1.82) is 0 Å². The first-order chi connectivity index (χ1) is 23.6. The summed E-state index contributed by atoms with van der Waals surface area (Å²) in [5.74, 6) is -0.624.